The zero-order chi connectivity index (χ0) is 19.2. The van der Waals surface area contributed by atoms with Gasteiger partial charge in [0, 0.05) is 12.8 Å². The molecule has 0 spiro atoms. The number of allylic oxidation sites excluding steroid dienone is 2. The van der Waals surface area contributed by atoms with Gasteiger partial charge in [-0.3, -0.25) is 9.79 Å². The van der Waals surface area contributed by atoms with Gasteiger partial charge in [-0.25, -0.2) is 0 Å². The summed E-state index contributed by atoms with van der Waals surface area (Å²) in [6.45, 7) is 4.13. The minimum Gasteiger partial charge on any atom is -0.511 e. The van der Waals surface area contributed by atoms with Crippen LogP contribution in [0.5, 0.6) is 0 Å². The number of para-hydroxylation sites is 1. The SMILES string of the molecule is CCCCC(=Nc1ccccc1C)C1=C(O)CC(c2ccccc2)CC1=O. The van der Waals surface area contributed by atoms with Crippen molar-refractivity contribution in [1.82, 2.24) is 0 Å². The van der Waals surface area contributed by atoms with E-state index in [0.29, 0.717) is 24.8 Å². The second-order valence-corrected chi connectivity index (χ2v) is 7.21. The first-order chi connectivity index (χ1) is 13.1. The summed E-state index contributed by atoms with van der Waals surface area (Å²) in [6, 6.07) is 17.9. The molecule has 0 heterocycles. The number of carbonyl (C=O) groups is 1. The third kappa shape index (κ3) is 4.54. The number of aliphatic hydroxyl groups excluding tert-OH is 1. The maximum absolute atomic E-state index is 13.0. The molecule has 0 fully saturated rings. The standard InChI is InChI=1S/C24H27NO2/c1-3-4-13-21(25-20-14-9-8-10-17(20)2)24-22(26)15-19(16-23(24)27)18-11-6-5-7-12-18/h5-12,14,19,26H,3-4,13,15-16H2,1-2H3. The molecule has 1 N–H and O–H groups in total. The summed E-state index contributed by atoms with van der Waals surface area (Å²) in [5, 5.41) is 10.8. The highest BCUT2D eigenvalue weighted by Crippen LogP contribution is 2.35. The lowest BCUT2D eigenvalue weighted by atomic mass is 9.80. The second kappa shape index (κ2) is 8.81. The number of nitrogens with zero attached hydrogens (tertiary/aromatic N) is 1. The quantitative estimate of drug-likeness (QED) is 0.621. The Balaban J connectivity index is 1.96. The molecule has 1 aliphatic carbocycles. The van der Waals surface area contributed by atoms with Gasteiger partial charge in [-0.05, 0) is 42.9 Å². The topological polar surface area (TPSA) is 49.7 Å². The molecule has 2 aromatic carbocycles. The fourth-order valence-electron chi connectivity index (χ4n) is 3.60. The van der Waals surface area contributed by atoms with Crippen LogP contribution >= 0.6 is 0 Å². The highest BCUT2D eigenvalue weighted by atomic mass is 16.3. The van der Waals surface area contributed by atoms with Crippen LogP contribution in [0.1, 0.15) is 56.1 Å². The van der Waals surface area contributed by atoms with Crippen LogP contribution < -0.4 is 0 Å². The molecular formula is C24H27NO2. The maximum atomic E-state index is 13.0. The van der Waals surface area contributed by atoms with Gasteiger partial charge in [0.2, 0.25) is 0 Å². The van der Waals surface area contributed by atoms with Crippen molar-refractivity contribution in [2.45, 2.75) is 51.9 Å². The van der Waals surface area contributed by atoms with Gasteiger partial charge in [0.25, 0.3) is 0 Å². The molecule has 0 saturated heterocycles. The highest BCUT2D eigenvalue weighted by molar-refractivity contribution is 6.23. The molecule has 27 heavy (non-hydrogen) atoms. The van der Waals surface area contributed by atoms with E-state index in [1.165, 1.54) is 0 Å². The van der Waals surface area contributed by atoms with Crippen LogP contribution in [0.15, 0.2) is 70.9 Å². The first-order valence-corrected chi connectivity index (χ1v) is 9.74. The Morgan fingerprint density at radius 1 is 1.07 bits per heavy atom. The van der Waals surface area contributed by atoms with E-state index in [4.69, 9.17) is 4.99 Å². The summed E-state index contributed by atoms with van der Waals surface area (Å²) in [5.74, 6) is 0.216. The van der Waals surface area contributed by atoms with Gasteiger partial charge < -0.3 is 5.11 Å². The molecule has 0 aromatic heterocycles. The van der Waals surface area contributed by atoms with Gasteiger partial charge in [0.1, 0.15) is 5.76 Å². The van der Waals surface area contributed by atoms with E-state index in [1.54, 1.807) is 0 Å². The number of aryl methyl sites for hydroxylation is 1. The van der Waals surface area contributed by atoms with Crippen LogP contribution in [0.4, 0.5) is 5.69 Å². The molecule has 2 aromatic rings. The lowest BCUT2D eigenvalue weighted by molar-refractivity contribution is -0.116. The molecule has 1 aliphatic rings. The van der Waals surface area contributed by atoms with Crippen molar-refractivity contribution >= 4 is 17.2 Å². The second-order valence-electron chi connectivity index (χ2n) is 7.21. The number of ketones is 1. The third-order valence-corrected chi connectivity index (χ3v) is 5.14. The van der Waals surface area contributed by atoms with Crippen LogP contribution in [0.3, 0.4) is 0 Å². The lowest BCUT2D eigenvalue weighted by Gasteiger charge is -2.24. The predicted molar refractivity (Wildman–Crippen MR) is 111 cm³/mol. The molecule has 0 radical (unpaired) electrons. The Hall–Kier alpha value is -2.68. The van der Waals surface area contributed by atoms with Crippen LogP contribution in [0.2, 0.25) is 0 Å². The van der Waals surface area contributed by atoms with Crippen LogP contribution in [-0.2, 0) is 4.79 Å². The van der Waals surface area contributed by atoms with Gasteiger partial charge >= 0.3 is 0 Å². The fraction of sp³-hybridized carbons (Fsp3) is 0.333. The highest BCUT2D eigenvalue weighted by Gasteiger charge is 2.31. The fourth-order valence-corrected chi connectivity index (χ4v) is 3.60. The molecule has 0 saturated carbocycles. The third-order valence-electron chi connectivity index (χ3n) is 5.14. The Labute approximate surface area is 161 Å². The van der Waals surface area contributed by atoms with Crippen LogP contribution in [0.25, 0.3) is 0 Å². The maximum Gasteiger partial charge on any atom is 0.168 e. The first kappa shape index (κ1) is 19.1. The van der Waals surface area contributed by atoms with Gasteiger partial charge in [-0.1, -0.05) is 61.9 Å². The van der Waals surface area contributed by atoms with Crippen molar-refractivity contribution < 1.29 is 9.90 Å². The van der Waals surface area contributed by atoms with Crippen molar-refractivity contribution in [2.75, 3.05) is 0 Å². The van der Waals surface area contributed by atoms with E-state index in [-0.39, 0.29) is 17.5 Å². The zero-order valence-electron chi connectivity index (χ0n) is 16.1. The Bertz CT molecular complexity index is 865. The molecule has 0 amide bonds. The van der Waals surface area contributed by atoms with Crippen molar-refractivity contribution in [3.63, 3.8) is 0 Å². The van der Waals surface area contributed by atoms with E-state index >= 15 is 0 Å². The smallest absolute Gasteiger partial charge is 0.168 e. The van der Waals surface area contributed by atoms with Crippen molar-refractivity contribution in [3.05, 3.63) is 77.1 Å². The normalized spacial score (nSPS) is 18.1. The average molecular weight is 361 g/mol. The number of unbranched alkanes of at least 4 members (excludes halogenated alkanes) is 1. The van der Waals surface area contributed by atoms with Gasteiger partial charge in [0.15, 0.2) is 5.78 Å². The van der Waals surface area contributed by atoms with Crippen molar-refractivity contribution in [3.8, 4) is 0 Å². The zero-order valence-corrected chi connectivity index (χ0v) is 16.1. The monoisotopic (exact) mass is 361 g/mol. The van der Waals surface area contributed by atoms with Gasteiger partial charge in [-0.15, -0.1) is 0 Å². The summed E-state index contributed by atoms with van der Waals surface area (Å²) in [4.78, 5) is 17.8. The van der Waals surface area contributed by atoms with Gasteiger partial charge in [0.05, 0.1) is 17.0 Å². The molecule has 3 rings (SSSR count). The Morgan fingerprint density at radius 3 is 2.44 bits per heavy atom. The number of aliphatic imine (C=N–C) groups is 1. The summed E-state index contributed by atoms with van der Waals surface area (Å²) in [7, 11) is 0. The Morgan fingerprint density at radius 2 is 1.78 bits per heavy atom. The summed E-state index contributed by atoms with van der Waals surface area (Å²) in [6.07, 6.45) is 3.57. The van der Waals surface area contributed by atoms with E-state index in [0.717, 1.165) is 35.4 Å². The lowest BCUT2D eigenvalue weighted by Crippen LogP contribution is -2.23. The van der Waals surface area contributed by atoms with Crippen LogP contribution in [0, 0.1) is 6.92 Å². The average Bonchev–Trinajstić information content (AvgIpc) is 2.67. The predicted octanol–water partition coefficient (Wildman–Crippen LogP) is 6.22. The number of Topliss-reactive ketones (excluding diaryl/α,β-unsaturated/α-hetero) is 1. The molecule has 1 atom stereocenters. The number of hydrogen-bond acceptors (Lipinski definition) is 3. The van der Waals surface area contributed by atoms with E-state index in [9.17, 15) is 9.90 Å². The van der Waals surface area contributed by atoms with Crippen LogP contribution in [-0.4, -0.2) is 16.6 Å². The molecule has 140 valence electrons. The minimum atomic E-state index is -0.00367. The first-order valence-electron chi connectivity index (χ1n) is 9.74. The summed E-state index contributed by atoms with van der Waals surface area (Å²) in [5.41, 5.74) is 4.19. The van der Waals surface area contributed by atoms with E-state index in [2.05, 4.69) is 6.92 Å². The Kier molecular flexibility index (Phi) is 6.23. The van der Waals surface area contributed by atoms with Crippen molar-refractivity contribution in [2.24, 2.45) is 4.99 Å². The molecule has 3 nitrogen and oxygen atoms in total. The molecule has 0 aliphatic heterocycles. The van der Waals surface area contributed by atoms with Gasteiger partial charge in [-0.2, -0.15) is 0 Å². The minimum absolute atomic E-state index is 0.00367. The number of carbonyl (C=O) groups excluding carboxylic acids is 1. The van der Waals surface area contributed by atoms with E-state index < -0.39 is 0 Å². The molecular weight excluding hydrogens is 334 g/mol. The van der Waals surface area contributed by atoms with E-state index in [1.807, 2.05) is 61.5 Å². The van der Waals surface area contributed by atoms with Crippen molar-refractivity contribution in [1.29, 1.82) is 0 Å². The summed E-state index contributed by atoms with van der Waals surface area (Å²) < 4.78 is 0. The number of aliphatic hydroxyl groups is 1. The molecule has 1 unspecified atom stereocenters. The number of rotatable bonds is 6. The number of hydrogen-bond donors (Lipinski definition) is 1. The molecule has 0 bridgehead atoms. The number of benzene rings is 2. The molecule has 3 heteroatoms. The summed E-state index contributed by atoms with van der Waals surface area (Å²) >= 11 is 0. The largest absolute Gasteiger partial charge is 0.511 e.